The number of hydrogen-bond acceptors (Lipinski definition) is 6. The summed E-state index contributed by atoms with van der Waals surface area (Å²) in [6, 6.07) is 4.45. The van der Waals surface area contributed by atoms with Crippen molar-refractivity contribution in [3.05, 3.63) is 45.7 Å². The Morgan fingerprint density at radius 3 is 2.25 bits per heavy atom. The van der Waals surface area contributed by atoms with E-state index in [1.807, 2.05) is 0 Å². The fourth-order valence-corrected chi connectivity index (χ4v) is 5.41. The summed E-state index contributed by atoms with van der Waals surface area (Å²) in [6.07, 6.45) is -9.09. The van der Waals surface area contributed by atoms with Gasteiger partial charge in [0.25, 0.3) is 0 Å². The van der Waals surface area contributed by atoms with Crippen LogP contribution >= 0.6 is 27.3 Å². The van der Waals surface area contributed by atoms with E-state index in [1.165, 1.54) is 23.9 Å². The Morgan fingerprint density at radius 2 is 1.72 bits per heavy atom. The number of halogens is 7. The molecule has 4 rings (SSSR count). The number of aromatic nitrogens is 3. The van der Waals surface area contributed by atoms with Crippen LogP contribution in [0, 0.1) is 12.8 Å². The lowest BCUT2D eigenvalue weighted by Crippen LogP contribution is -2.39. The number of thiazole rings is 1. The molecule has 36 heavy (non-hydrogen) atoms. The zero-order valence-electron chi connectivity index (χ0n) is 18.9. The van der Waals surface area contributed by atoms with E-state index in [2.05, 4.69) is 26.0 Å². The van der Waals surface area contributed by atoms with Gasteiger partial charge in [0.2, 0.25) is 5.13 Å². The van der Waals surface area contributed by atoms with Crippen molar-refractivity contribution in [3.63, 3.8) is 0 Å². The summed E-state index contributed by atoms with van der Waals surface area (Å²) in [4.78, 5) is 19.1. The predicted octanol–water partition coefficient (Wildman–Crippen LogP) is 6.65. The number of nitrogens with zero attached hydrogens (tertiary/aromatic N) is 4. The number of piperidine rings is 1. The quantitative estimate of drug-likeness (QED) is 0.249. The number of carbonyl (C=O) groups excluding carboxylic acids is 1. The van der Waals surface area contributed by atoms with Crippen molar-refractivity contribution in [3.8, 4) is 15.6 Å². The van der Waals surface area contributed by atoms with Crippen molar-refractivity contribution in [2.45, 2.75) is 32.1 Å². The molecule has 0 aliphatic carbocycles. The van der Waals surface area contributed by atoms with E-state index in [-0.39, 0.29) is 36.8 Å². The molecule has 14 heteroatoms. The third-order valence-electron chi connectivity index (χ3n) is 5.88. The number of alkyl halides is 6. The summed E-state index contributed by atoms with van der Waals surface area (Å²) in [7, 11) is 1.20. The van der Waals surface area contributed by atoms with Crippen LogP contribution in [0.25, 0.3) is 15.6 Å². The summed E-state index contributed by atoms with van der Waals surface area (Å²) in [6.45, 7) is 1.78. The molecule has 1 aliphatic rings. The Hall–Kier alpha value is -2.61. The van der Waals surface area contributed by atoms with E-state index in [0.29, 0.717) is 26.4 Å². The van der Waals surface area contributed by atoms with Gasteiger partial charge in [0.15, 0.2) is 5.69 Å². The second-order valence-corrected chi connectivity index (χ2v) is 9.95. The SMILES string of the molecule is COC(=O)c1c(Br)c(C)nn1-c1nc(N2CCC(C(F)(F)F)CC2)c(-c2ccc(C(F)(F)F)cc2)s1. The molecule has 1 aromatic carbocycles. The Morgan fingerprint density at radius 1 is 1.11 bits per heavy atom. The molecule has 0 spiro atoms. The monoisotopic (exact) mass is 596 g/mol. The minimum atomic E-state index is -4.52. The van der Waals surface area contributed by atoms with Crippen molar-refractivity contribution in [1.29, 1.82) is 0 Å². The molecule has 0 atom stereocenters. The molecule has 3 aromatic rings. The summed E-state index contributed by atoms with van der Waals surface area (Å²) in [5.74, 6) is -1.81. The van der Waals surface area contributed by atoms with Gasteiger partial charge < -0.3 is 9.64 Å². The number of aryl methyl sites for hydroxylation is 1. The molecule has 0 radical (unpaired) electrons. The maximum atomic E-state index is 13.2. The molecule has 2 aromatic heterocycles. The van der Waals surface area contributed by atoms with Gasteiger partial charge in [-0.2, -0.15) is 36.1 Å². The van der Waals surface area contributed by atoms with Gasteiger partial charge in [-0.05, 0) is 53.4 Å². The van der Waals surface area contributed by atoms with Gasteiger partial charge in [0.05, 0.1) is 33.6 Å². The third-order valence-corrected chi connectivity index (χ3v) is 7.90. The summed E-state index contributed by atoms with van der Waals surface area (Å²) < 4.78 is 85.3. The number of ether oxygens (including phenoxy) is 1. The van der Waals surface area contributed by atoms with Crippen LogP contribution in [0.15, 0.2) is 28.7 Å². The number of carbonyl (C=O) groups is 1. The minimum Gasteiger partial charge on any atom is -0.464 e. The van der Waals surface area contributed by atoms with Crippen molar-refractivity contribution in [2.75, 3.05) is 25.1 Å². The van der Waals surface area contributed by atoms with E-state index >= 15 is 0 Å². The maximum Gasteiger partial charge on any atom is 0.416 e. The molecule has 0 unspecified atom stereocenters. The van der Waals surface area contributed by atoms with Gasteiger partial charge in [-0.3, -0.25) is 0 Å². The van der Waals surface area contributed by atoms with Gasteiger partial charge >= 0.3 is 18.3 Å². The Labute approximate surface area is 214 Å². The average molecular weight is 597 g/mol. The average Bonchev–Trinajstić information content (AvgIpc) is 3.39. The largest absolute Gasteiger partial charge is 0.464 e. The van der Waals surface area contributed by atoms with Gasteiger partial charge in [-0.1, -0.05) is 23.5 Å². The number of esters is 1. The van der Waals surface area contributed by atoms with Crippen molar-refractivity contribution < 1.29 is 35.9 Å². The Bertz CT molecular complexity index is 1260. The standard InChI is InChI=1S/C22H19BrF6N4O2S/c1-11-15(23)16(19(34)35-2)33(31-11)20-30-18(32-9-7-14(8-10-32)22(27,28)29)17(36-20)12-3-5-13(6-4-12)21(24,25)26/h3-6,14H,7-10H2,1-2H3. The zero-order valence-corrected chi connectivity index (χ0v) is 21.3. The van der Waals surface area contributed by atoms with Gasteiger partial charge in [-0.25, -0.2) is 9.78 Å². The molecule has 0 bridgehead atoms. The van der Waals surface area contributed by atoms with Crippen LogP contribution in [0.3, 0.4) is 0 Å². The van der Waals surface area contributed by atoms with Crippen LogP contribution in [0.2, 0.25) is 0 Å². The van der Waals surface area contributed by atoms with E-state index in [9.17, 15) is 31.1 Å². The molecular formula is C22H19BrF6N4O2S. The van der Waals surface area contributed by atoms with Gasteiger partial charge in [0, 0.05) is 13.1 Å². The van der Waals surface area contributed by atoms with Crippen molar-refractivity contribution in [1.82, 2.24) is 14.8 Å². The topological polar surface area (TPSA) is 60.2 Å². The maximum absolute atomic E-state index is 13.2. The smallest absolute Gasteiger partial charge is 0.416 e. The van der Waals surface area contributed by atoms with E-state index < -0.39 is 29.8 Å². The van der Waals surface area contributed by atoms with E-state index in [4.69, 9.17) is 4.74 Å². The Balaban J connectivity index is 1.80. The van der Waals surface area contributed by atoms with Crippen LogP contribution in [-0.4, -0.2) is 47.1 Å². The molecule has 194 valence electrons. The first-order valence-corrected chi connectivity index (χ1v) is 12.3. The molecule has 1 saturated heterocycles. The molecular weight excluding hydrogens is 578 g/mol. The van der Waals surface area contributed by atoms with Crippen LogP contribution in [0.1, 0.15) is 34.6 Å². The highest BCUT2D eigenvalue weighted by Gasteiger charge is 2.42. The fraction of sp³-hybridized carbons (Fsp3) is 0.409. The molecule has 6 nitrogen and oxygen atoms in total. The van der Waals surface area contributed by atoms with Crippen LogP contribution in [0.4, 0.5) is 32.2 Å². The molecule has 0 amide bonds. The van der Waals surface area contributed by atoms with Crippen molar-refractivity contribution >= 4 is 39.1 Å². The van der Waals surface area contributed by atoms with Crippen LogP contribution in [0.5, 0.6) is 0 Å². The number of hydrogen-bond donors (Lipinski definition) is 0. The highest BCUT2D eigenvalue weighted by molar-refractivity contribution is 9.10. The second-order valence-electron chi connectivity index (χ2n) is 8.18. The van der Waals surface area contributed by atoms with E-state index in [0.717, 1.165) is 23.5 Å². The lowest BCUT2D eigenvalue weighted by Gasteiger charge is -2.33. The summed E-state index contributed by atoms with van der Waals surface area (Å²) in [5.41, 5.74) is 0.102. The van der Waals surface area contributed by atoms with Crippen LogP contribution < -0.4 is 4.90 Å². The first kappa shape index (κ1) is 26.5. The zero-order chi connectivity index (χ0) is 26.4. The lowest BCUT2D eigenvalue weighted by atomic mass is 9.96. The number of methoxy groups -OCH3 is 1. The molecule has 3 heterocycles. The van der Waals surface area contributed by atoms with Crippen LogP contribution in [-0.2, 0) is 10.9 Å². The molecule has 0 N–H and O–H groups in total. The highest BCUT2D eigenvalue weighted by atomic mass is 79.9. The summed E-state index contributed by atoms with van der Waals surface area (Å²) >= 11 is 4.37. The number of rotatable bonds is 4. The fourth-order valence-electron chi connectivity index (χ4n) is 3.94. The third kappa shape index (κ3) is 5.10. The summed E-state index contributed by atoms with van der Waals surface area (Å²) in [5, 5.41) is 4.55. The number of benzene rings is 1. The first-order chi connectivity index (χ1) is 16.8. The predicted molar refractivity (Wildman–Crippen MR) is 124 cm³/mol. The van der Waals surface area contributed by atoms with E-state index in [1.54, 1.807) is 11.8 Å². The molecule has 1 fully saturated rings. The van der Waals surface area contributed by atoms with Gasteiger partial charge in [0.1, 0.15) is 5.82 Å². The normalized spacial score (nSPS) is 15.4. The minimum absolute atomic E-state index is 0.0602. The molecule has 1 aliphatic heterocycles. The number of anilines is 1. The van der Waals surface area contributed by atoms with Gasteiger partial charge in [-0.15, -0.1) is 0 Å². The first-order valence-electron chi connectivity index (χ1n) is 10.6. The Kier molecular flexibility index (Phi) is 7.12. The lowest BCUT2D eigenvalue weighted by molar-refractivity contribution is -0.179. The second kappa shape index (κ2) is 9.69. The highest BCUT2D eigenvalue weighted by Crippen LogP contribution is 2.42. The molecule has 0 saturated carbocycles. The van der Waals surface area contributed by atoms with Crippen molar-refractivity contribution in [2.24, 2.45) is 5.92 Å².